The van der Waals surface area contributed by atoms with Crippen LogP contribution < -0.4 is 0 Å². The molecular weight excluding hydrogens is 602 g/mol. The lowest BCUT2D eigenvalue weighted by Crippen LogP contribution is -2.69. The Labute approximate surface area is 274 Å². The van der Waals surface area contributed by atoms with Crippen LogP contribution in [0.1, 0.15) is 5.56 Å². The van der Waals surface area contributed by atoms with Crippen molar-refractivity contribution in [2.24, 2.45) is 0 Å². The van der Waals surface area contributed by atoms with Gasteiger partial charge < -0.3 is 57.3 Å². The zero-order valence-electron chi connectivity index (χ0n) is 29.2. The summed E-state index contributed by atoms with van der Waals surface area (Å²) in [5, 5.41) is 54.2. The van der Waals surface area contributed by atoms with E-state index in [2.05, 4.69) is 28.2 Å². The summed E-state index contributed by atoms with van der Waals surface area (Å²) in [5.41, 5.74) is 0.923. The Hall–Kier alpha value is -1.86. The van der Waals surface area contributed by atoms with Crippen LogP contribution in [0.2, 0.25) is 0 Å². The first kappa shape index (κ1) is 40.3. The van der Waals surface area contributed by atoms with Gasteiger partial charge in [-0.15, -0.1) is 0 Å². The van der Waals surface area contributed by atoms with Gasteiger partial charge in [0.25, 0.3) is 5.69 Å². The average Bonchev–Trinajstić information content (AvgIpc) is 3.01. The van der Waals surface area contributed by atoms with Gasteiger partial charge in [0.2, 0.25) is 25.2 Å². The number of hydrogen-bond donors (Lipinski definition) is 4. The van der Waals surface area contributed by atoms with Crippen LogP contribution in [0.15, 0.2) is 24.3 Å². The largest absolute Gasteiger partial charge is 0.364 e. The summed E-state index contributed by atoms with van der Waals surface area (Å²) in [6, 6.07) is 6.42. The van der Waals surface area contributed by atoms with E-state index in [1.54, 1.807) is 12.1 Å². The Morgan fingerprint density at radius 3 is 1.46 bits per heavy atom. The minimum absolute atomic E-state index is 0.0124. The molecule has 1 aromatic carbocycles. The second-order valence-corrected chi connectivity index (χ2v) is 14.1. The van der Waals surface area contributed by atoms with Gasteiger partial charge in [-0.1, -0.05) is 12.1 Å². The van der Waals surface area contributed by atoms with Crippen molar-refractivity contribution in [1.82, 2.24) is 0 Å². The van der Waals surface area contributed by atoms with E-state index in [4.69, 9.17) is 18.9 Å². The SMILES string of the molecule is COC(O)C[N+]1(C)CC[N+](C)(CC(O)OC)CC[N+](C)(CC(O)OC)C(Cc2ccc([N+](=O)[O-])cc2)C[N+](C)(CC(O)OC)CC1. The molecule has 1 fully saturated rings. The molecule has 0 bridgehead atoms. The highest BCUT2D eigenvalue weighted by atomic mass is 16.6. The zero-order valence-corrected chi connectivity index (χ0v) is 29.2. The molecule has 15 heteroatoms. The Kier molecular flexibility index (Phi) is 15.3. The second-order valence-electron chi connectivity index (χ2n) is 14.1. The molecule has 2 rings (SSSR count). The molecule has 1 heterocycles. The fraction of sp³-hybridized carbons (Fsp3) is 0.806. The van der Waals surface area contributed by atoms with Crippen LogP contribution >= 0.6 is 0 Å². The number of nitro benzene ring substituents is 1. The lowest BCUT2D eigenvalue weighted by atomic mass is 9.99. The normalized spacial score (nSPS) is 32.5. The van der Waals surface area contributed by atoms with Crippen LogP contribution in [0.4, 0.5) is 5.69 Å². The van der Waals surface area contributed by atoms with E-state index < -0.39 is 30.1 Å². The van der Waals surface area contributed by atoms with Crippen molar-refractivity contribution in [1.29, 1.82) is 0 Å². The van der Waals surface area contributed by atoms with Crippen LogP contribution in [-0.2, 0) is 25.4 Å². The molecule has 0 saturated carbocycles. The number of aliphatic hydroxyl groups is 4. The fourth-order valence-corrected chi connectivity index (χ4v) is 6.51. The Balaban J connectivity index is 2.71. The molecule has 0 aliphatic carbocycles. The van der Waals surface area contributed by atoms with Crippen LogP contribution in [0, 0.1) is 10.1 Å². The van der Waals surface area contributed by atoms with E-state index in [1.807, 2.05) is 0 Å². The van der Waals surface area contributed by atoms with Crippen molar-refractivity contribution in [2.75, 3.05) is 129 Å². The number of benzene rings is 1. The first-order valence-electron chi connectivity index (χ1n) is 15.8. The summed E-state index contributed by atoms with van der Waals surface area (Å²) in [6.07, 6.45) is -3.45. The Morgan fingerprint density at radius 2 is 1.04 bits per heavy atom. The number of methoxy groups -OCH3 is 4. The summed E-state index contributed by atoms with van der Waals surface area (Å²) in [7, 11) is 14.2. The van der Waals surface area contributed by atoms with Gasteiger partial charge >= 0.3 is 0 Å². The predicted octanol–water partition coefficient (Wildman–Crippen LogP) is -0.835. The highest BCUT2D eigenvalue weighted by Crippen LogP contribution is 2.25. The highest BCUT2D eigenvalue weighted by Gasteiger charge is 2.45. The van der Waals surface area contributed by atoms with Gasteiger partial charge in [0, 0.05) is 47.0 Å². The average molecular weight is 664 g/mol. The molecule has 1 aliphatic rings. The molecule has 15 nitrogen and oxygen atoms in total. The number of non-ortho nitro benzene ring substituents is 1. The number of rotatable bonds is 15. The summed E-state index contributed by atoms with van der Waals surface area (Å²) in [5.74, 6) is 0. The molecule has 0 amide bonds. The van der Waals surface area contributed by atoms with E-state index in [9.17, 15) is 30.5 Å². The predicted molar refractivity (Wildman–Crippen MR) is 171 cm³/mol. The third kappa shape index (κ3) is 12.3. The molecule has 1 saturated heterocycles. The number of quaternary nitrogens is 4. The number of aliphatic hydroxyl groups excluding tert-OH is 4. The maximum absolute atomic E-state index is 11.4. The molecule has 0 spiro atoms. The quantitative estimate of drug-likeness (QED) is 0.0807. The monoisotopic (exact) mass is 663 g/mol. The van der Waals surface area contributed by atoms with E-state index in [0.717, 1.165) is 5.56 Å². The molecule has 266 valence electrons. The van der Waals surface area contributed by atoms with Crippen LogP contribution in [0.3, 0.4) is 0 Å². The zero-order chi connectivity index (χ0) is 34.8. The van der Waals surface area contributed by atoms with Gasteiger partial charge in [0.15, 0.2) is 0 Å². The smallest absolute Gasteiger partial charge is 0.269 e. The van der Waals surface area contributed by atoms with E-state index >= 15 is 0 Å². The van der Waals surface area contributed by atoms with Gasteiger partial charge in [-0.05, 0) is 5.56 Å². The lowest BCUT2D eigenvalue weighted by molar-refractivity contribution is -1.03. The molecule has 9 unspecified atom stereocenters. The van der Waals surface area contributed by atoms with Crippen molar-refractivity contribution in [3.05, 3.63) is 39.9 Å². The highest BCUT2D eigenvalue weighted by molar-refractivity contribution is 5.33. The van der Waals surface area contributed by atoms with Crippen molar-refractivity contribution >= 4 is 5.69 Å². The van der Waals surface area contributed by atoms with Gasteiger partial charge in [0.1, 0.15) is 78.0 Å². The number of hydrogen-bond acceptors (Lipinski definition) is 10. The molecule has 0 radical (unpaired) electrons. The fourth-order valence-electron chi connectivity index (χ4n) is 6.51. The van der Waals surface area contributed by atoms with Crippen molar-refractivity contribution in [3.8, 4) is 0 Å². The number of likely N-dealkylation sites (N-methyl/N-ethyl adjacent to an activating group) is 4. The molecule has 0 aromatic heterocycles. The third-order valence-electron chi connectivity index (χ3n) is 10.1. The number of nitrogens with zero attached hydrogens (tertiary/aromatic N) is 5. The summed E-state index contributed by atoms with van der Waals surface area (Å²) in [4.78, 5) is 10.9. The molecule has 9 atom stereocenters. The maximum Gasteiger partial charge on any atom is 0.269 e. The lowest BCUT2D eigenvalue weighted by Gasteiger charge is -2.50. The first-order chi connectivity index (χ1) is 21.4. The van der Waals surface area contributed by atoms with Crippen LogP contribution in [0.5, 0.6) is 0 Å². The molecular formula is C31H61N5O10+4. The van der Waals surface area contributed by atoms with Crippen molar-refractivity contribution in [2.45, 2.75) is 37.6 Å². The summed E-state index contributed by atoms with van der Waals surface area (Å²) < 4.78 is 23.0. The van der Waals surface area contributed by atoms with E-state index in [1.165, 1.54) is 40.6 Å². The van der Waals surface area contributed by atoms with Crippen LogP contribution in [-0.4, -0.2) is 203 Å². The Morgan fingerprint density at radius 1 is 0.674 bits per heavy atom. The second kappa shape index (κ2) is 17.5. The van der Waals surface area contributed by atoms with Crippen LogP contribution in [0.25, 0.3) is 0 Å². The van der Waals surface area contributed by atoms with Crippen molar-refractivity contribution < 1.29 is 62.2 Å². The standard InChI is InChI=1S/C31H61N5O10/c1-33(21-28(37)43-5)13-14-34(2,22-29(38)44-6)17-18-36(4,24-31(40)46-8)27(19-25-9-11-26(12-10-25)32(41)42)20-35(3,16-15-33)23-30(39)45-7/h9-12,27-31,37-40H,13-24H2,1-8H3/q+4. The van der Waals surface area contributed by atoms with Gasteiger partial charge in [0.05, 0.1) is 33.1 Å². The van der Waals surface area contributed by atoms with E-state index in [0.29, 0.717) is 89.8 Å². The van der Waals surface area contributed by atoms with Gasteiger partial charge in [-0.25, -0.2) is 0 Å². The summed E-state index contributed by atoms with van der Waals surface area (Å²) in [6.45, 7) is 5.70. The summed E-state index contributed by atoms with van der Waals surface area (Å²) >= 11 is 0. The van der Waals surface area contributed by atoms with Gasteiger partial charge in [-0.2, -0.15) is 0 Å². The third-order valence-corrected chi connectivity index (χ3v) is 10.1. The minimum Gasteiger partial charge on any atom is -0.364 e. The molecule has 4 N–H and O–H groups in total. The van der Waals surface area contributed by atoms with Gasteiger partial charge in [-0.3, -0.25) is 10.1 Å². The van der Waals surface area contributed by atoms with Crippen molar-refractivity contribution in [3.63, 3.8) is 0 Å². The molecule has 1 aliphatic heterocycles. The number of ether oxygens (including phenoxy) is 4. The molecule has 46 heavy (non-hydrogen) atoms. The maximum atomic E-state index is 11.4. The minimum atomic E-state index is -1.04. The number of nitro groups is 1. The first-order valence-corrected chi connectivity index (χ1v) is 15.8. The van der Waals surface area contributed by atoms with E-state index in [-0.39, 0.29) is 18.3 Å². The molecule has 1 aromatic rings. The Bertz CT molecular complexity index is 1070. The topological polar surface area (TPSA) is 161 Å².